The number of fused-ring (bicyclic) bond motifs is 1. The van der Waals surface area contributed by atoms with E-state index in [-0.39, 0.29) is 11.9 Å². The first-order valence-corrected chi connectivity index (χ1v) is 11.3. The highest BCUT2D eigenvalue weighted by molar-refractivity contribution is 5.82. The zero-order valence-electron chi connectivity index (χ0n) is 19.2. The van der Waals surface area contributed by atoms with Crippen molar-refractivity contribution in [2.45, 2.75) is 52.1 Å². The summed E-state index contributed by atoms with van der Waals surface area (Å²) in [5.74, 6) is 0.729. The van der Waals surface area contributed by atoms with Crippen molar-refractivity contribution in [2.24, 2.45) is 5.73 Å². The Morgan fingerprint density at radius 2 is 1.75 bits per heavy atom. The summed E-state index contributed by atoms with van der Waals surface area (Å²) in [6.07, 6.45) is 2.12. The third kappa shape index (κ3) is 5.03. The molecule has 0 fully saturated rings. The molecule has 0 unspecified atom stereocenters. The lowest BCUT2D eigenvalue weighted by molar-refractivity contribution is -0.123. The molecule has 4 heteroatoms. The second kappa shape index (κ2) is 9.58. The molecule has 1 heterocycles. The van der Waals surface area contributed by atoms with E-state index in [1.165, 1.54) is 27.8 Å². The van der Waals surface area contributed by atoms with Gasteiger partial charge in [-0.25, -0.2) is 0 Å². The van der Waals surface area contributed by atoms with Gasteiger partial charge in [0.1, 0.15) is 5.75 Å². The van der Waals surface area contributed by atoms with Crippen molar-refractivity contribution < 1.29 is 9.53 Å². The van der Waals surface area contributed by atoms with Crippen LogP contribution < -0.4 is 15.8 Å². The third-order valence-electron chi connectivity index (χ3n) is 6.28. The first-order valence-electron chi connectivity index (χ1n) is 11.3. The molecule has 1 aliphatic heterocycles. The smallest absolute Gasteiger partial charge is 0.237 e. The fourth-order valence-electron chi connectivity index (χ4n) is 4.66. The van der Waals surface area contributed by atoms with E-state index < -0.39 is 6.04 Å². The molecule has 0 radical (unpaired) electrons. The van der Waals surface area contributed by atoms with Gasteiger partial charge in [0.15, 0.2) is 0 Å². The molecular weight excluding hydrogens is 396 g/mol. The topological polar surface area (TPSA) is 64.4 Å². The highest BCUT2D eigenvalue weighted by Gasteiger charge is 2.26. The molecular formula is C28H32N2O2. The van der Waals surface area contributed by atoms with E-state index in [0.29, 0.717) is 13.0 Å². The molecule has 0 bridgehead atoms. The Hall–Kier alpha value is -3.11. The lowest BCUT2D eigenvalue weighted by atomic mass is 9.93. The predicted molar refractivity (Wildman–Crippen MR) is 129 cm³/mol. The molecule has 166 valence electrons. The van der Waals surface area contributed by atoms with Crippen LogP contribution in [0.1, 0.15) is 51.4 Å². The number of benzene rings is 3. The van der Waals surface area contributed by atoms with Crippen molar-refractivity contribution in [1.29, 1.82) is 0 Å². The molecule has 3 N–H and O–H groups in total. The first-order chi connectivity index (χ1) is 15.4. The van der Waals surface area contributed by atoms with Gasteiger partial charge in [-0.3, -0.25) is 4.79 Å². The van der Waals surface area contributed by atoms with Crippen molar-refractivity contribution in [3.8, 4) is 5.75 Å². The normalized spacial score (nSPS) is 16.1. The second-order valence-corrected chi connectivity index (χ2v) is 8.92. The lowest BCUT2D eigenvalue weighted by Gasteiger charge is -2.28. The fourth-order valence-corrected chi connectivity index (χ4v) is 4.66. The van der Waals surface area contributed by atoms with Gasteiger partial charge in [-0.05, 0) is 73.6 Å². The summed E-state index contributed by atoms with van der Waals surface area (Å²) < 4.78 is 5.86. The summed E-state index contributed by atoms with van der Waals surface area (Å²) in [6, 6.07) is 20.3. The molecule has 2 atom stereocenters. The molecule has 3 aromatic carbocycles. The minimum absolute atomic E-state index is 0.0896. The third-order valence-corrected chi connectivity index (χ3v) is 6.28. The van der Waals surface area contributed by atoms with E-state index >= 15 is 0 Å². The van der Waals surface area contributed by atoms with Gasteiger partial charge < -0.3 is 15.8 Å². The molecule has 3 aromatic rings. The van der Waals surface area contributed by atoms with Gasteiger partial charge in [-0.15, -0.1) is 0 Å². The molecule has 32 heavy (non-hydrogen) atoms. The van der Waals surface area contributed by atoms with Gasteiger partial charge in [-0.2, -0.15) is 0 Å². The van der Waals surface area contributed by atoms with Gasteiger partial charge in [0.05, 0.1) is 18.7 Å². The molecule has 4 rings (SSSR count). The van der Waals surface area contributed by atoms with Crippen LogP contribution in [0.4, 0.5) is 0 Å². The number of rotatable bonds is 6. The SMILES string of the molecule is Cc1cc(C)c(C[C@H](N)C(=O)N[C@H]2CCOc3ccc(Cc4ccccc4)cc32)c(C)c1. The average molecular weight is 429 g/mol. The average Bonchev–Trinajstić information content (AvgIpc) is 2.77. The van der Waals surface area contributed by atoms with Gasteiger partial charge in [0.25, 0.3) is 0 Å². The van der Waals surface area contributed by atoms with Crippen LogP contribution in [-0.2, 0) is 17.6 Å². The van der Waals surface area contributed by atoms with Crippen molar-refractivity contribution in [3.63, 3.8) is 0 Å². The number of nitrogens with two attached hydrogens (primary N) is 1. The molecule has 0 aliphatic carbocycles. The Bertz CT molecular complexity index is 1080. The van der Waals surface area contributed by atoms with Gasteiger partial charge >= 0.3 is 0 Å². The van der Waals surface area contributed by atoms with Crippen LogP contribution in [0.2, 0.25) is 0 Å². The number of ether oxygens (including phenoxy) is 1. The number of carbonyl (C=O) groups is 1. The van der Waals surface area contributed by atoms with Gasteiger partial charge in [-0.1, -0.05) is 54.1 Å². The van der Waals surface area contributed by atoms with Crippen molar-refractivity contribution in [1.82, 2.24) is 5.32 Å². The molecule has 4 nitrogen and oxygen atoms in total. The second-order valence-electron chi connectivity index (χ2n) is 8.92. The maximum Gasteiger partial charge on any atom is 0.237 e. The van der Waals surface area contributed by atoms with Crippen molar-refractivity contribution in [2.75, 3.05) is 6.61 Å². The first kappa shape index (κ1) is 22.1. The van der Waals surface area contributed by atoms with Crippen LogP contribution in [0.5, 0.6) is 5.75 Å². The number of amides is 1. The molecule has 1 aliphatic rings. The Balaban J connectivity index is 1.48. The summed E-state index contributed by atoms with van der Waals surface area (Å²) in [6.45, 7) is 6.85. The summed E-state index contributed by atoms with van der Waals surface area (Å²) in [5, 5.41) is 3.19. The Morgan fingerprint density at radius 1 is 1.03 bits per heavy atom. The zero-order chi connectivity index (χ0) is 22.7. The van der Waals surface area contributed by atoms with Crippen LogP contribution in [0.3, 0.4) is 0 Å². The highest BCUT2D eigenvalue weighted by atomic mass is 16.5. The van der Waals surface area contributed by atoms with Crippen LogP contribution in [-0.4, -0.2) is 18.6 Å². The summed E-state index contributed by atoms with van der Waals surface area (Å²) in [4.78, 5) is 13.0. The van der Waals surface area contributed by atoms with Gasteiger partial charge in [0, 0.05) is 12.0 Å². The minimum Gasteiger partial charge on any atom is -0.493 e. The van der Waals surface area contributed by atoms with E-state index in [2.05, 4.69) is 74.6 Å². The van der Waals surface area contributed by atoms with Crippen molar-refractivity contribution >= 4 is 5.91 Å². The summed E-state index contributed by atoms with van der Waals surface area (Å²) in [7, 11) is 0. The largest absolute Gasteiger partial charge is 0.493 e. The number of hydrogen-bond acceptors (Lipinski definition) is 3. The zero-order valence-corrected chi connectivity index (χ0v) is 19.2. The van der Waals surface area contributed by atoms with Crippen molar-refractivity contribution in [3.05, 3.63) is 99.6 Å². The van der Waals surface area contributed by atoms with E-state index in [0.717, 1.165) is 29.7 Å². The Kier molecular flexibility index (Phi) is 6.61. The number of nitrogens with one attached hydrogen (secondary N) is 1. The Morgan fingerprint density at radius 3 is 2.47 bits per heavy atom. The molecule has 0 saturated heterocycles. The summed E-state index contributed by atoms with van der Waals surface area (Å²) >= 11 is 0. The van der Waals surface area contributed by atoms with E-state index in [1.54, 1.807) is 0 Å². The monoisotopic (exact) mass is 428 g/mol. The predicted octanol–water partition coefficient (Wildman–Crippen LogP) is 4.71. The van der Waals surface area contributed by atoms with E-state index in [9.17, 15) is 4.79 Å². The molecule has 1 amide bonds. The molecule has 0 aromatic heterocycles. The minimum atomic E-state index is -0.589. The fraction of sp³-hybridized carbons (Fsp3) is 0.321. The van der Waals surface area contributed by atoms with Crippen LogP contribution in [0.25, 0.3) is 0 Å². The maximum absolute atomic E-state index is 13.0. The van der Waals surface area contributed by atoms with E-state index in [1.807, 2.05) is 12.1 Å². The molecule has 0 saturated carbocycles. The summed E-state index contributed by atoms with van der Waals surface area (Å²) in [5.41, 5.74) is 14.6. The van der Waals surface area contributed by atoms with Crippen LogP contribution in [0, 0.1) is 20.8 Å². The van der Waals surface area contributed by atoms with Crippen LogP contribution >= 0.6 is 0 Å². The van der Waals surface area contributed by atoms with Gasteiger partial charge in [0.2, 0.25) is 5.91 Å². The number of hydrogen-bond donors (Lipinski definition) is 2. The number of carbonyl (C=O) groups excluding carboxylic acids is 1. The lowest BCUT2D eigenvalue weighted by Crippen LogP contribution is -2.44. The maximum atomic E-state index is 13.0. The van der Waals surface area contributed by atoms with Crippen LogP contribution in [0.15, 0.2) is 60.7 Å². The molecule has 0 spiro atoms. The number of aryl methyl sites for hydroxylation is 3. The highest BCUT2D eigenvalue weighted by Crippen LogP contribution is 2.33. The van der Waals surface area contributed by atoms with E-state index in [4.69, 9.17) is 10.5 Å². The standard InChI is InChI=1S/C28H32N2O2/c1-18-13-19(2)23(20(3)14-18)17-25(29)28(31)30-26-11-12-32-27-10-9-22(16-24(26)27)15-21-7-5-4-6-8-21/h4-10,13-14,16,25-26H,11-12,15,17,29H2,1-3H3,(H,30,31)/t25-,26-/m0/s1. The quantitative estimate of drug-likeness (QED) is 0.597. The Labute approximate surface area is 190 Å².